The van der Waals surface area contributed by atoms with E-state index in [-0.39, 0.29) is 25.3 Å². The standard InChI is InChI=1S/C22H27NO5/c1-16(2)17-7-9-19(10-8-17)27-13-14-28-20-6-4-3-5-18(20)15-23-21(24)11-12-22(25)26/h3-10,16H,11-15H2,1-2H3,(H,23,24)(H,25,26). The number of aliphatic carboxylic acids is 1. The number of para-hydroxylation sites is 1. The lowest BCUT2D eigenvalue weighted by molar-refractivity contribution is -0.138. The molecule has 2 rings (SSSR count). The number of rotatable bonds is 11. The summed E-state index contributed by atoms with van der Waals surface area (Å²) in [5.74, 6) is 0.661. The summed E-state index contributed by atoms with van der Waals surface area (Å²) in [6, 6.07) is 15.4. The Labute approximate surface area is 165 Å². The second-order valence-electron chi connectivity index (χ2n) is 6.70. The molecule has 0 aliphatic heterocycles. The van der Waals surface area contributed by atoms with E-state index in [1.165, 1.54) is 5.56 Å². The van der Waals surface area contributed by atoms with Crippen molar-refractivity contribution >= 4 is 11.9 Å². The Morgan fingerprint density at radius 2 is 1.64 bits per heavy atom. The van der Waals surface area contributed by atoms with Gasteiger partial charge in [0.05, 0.1) is 6.42 Å². The van der Waals surface area contributed by atoms with E-state index >= 15 is 0 Å². The number of carboxylic acids is 1. The molecule has 0 aromatic heterocycles. The fourth-order valence-electron chi connectivity index (χ4n) is 2.55. The molecule has 6 nitrogen and oxygen atoms in total. The van der Waals surface area contributed by atoms with E-state index in [1.807, 2.05) is 36.4 Å². The van der Waals surface area contributed by atoms with Crippen molar-refractivity contribution in [1.82, 2.24) is 5.32 Å². The van der Waals surface area contributed by atoms with Gasteiger partial charge in [-0.15, -0.1) is 0 Å². The lowest BCUT2D eigenvalue weighted by atomic mass is 10.0. The topological polar surface area (TPSA) is 84.9 Å². The first kappa shape index (κ1) is 21.3. The molecule has 0 radical (unpaired) electrons. The van der Waals surface area contributed by atoms with Crippen LogP contribution >= 0.6 is 0 Å². The fourth-order valence-corrected chi connectivity index (χ4v) is 2.55. The van der Waals surface area contributed by atoms with Crippen molar-refractivity contribution in [2.45, 2.75) is 39.2 Å². The van der Waals surface area contributed by atoms with E-state index in [1.54, 1.807) is 0 Å². The summed E-state index contributed by atoms with van der Waals surface area (Å²) >= 11 is 0. The smallest absolute Gasteiger partial charge is 0.303 e. The van der Waals surface area contributed by atoms with Crippen molar-refractivity contribution in [2.24, 2.45) is 0 Å². The Morgan fingerprint density at radius 1 is 0.964 bits per heavy atom. The molecule has 150 valence electrons. The summed E-state index contributed by atoms with van der Waals surface area (Å²) in [7, 11) is 0. The maximum atomic E-state index is 11.7. The van der Waals surface area contributed by atoms with Gasteiger partial charge in [-0.2, -0.15) is 0 Å². The molecule has 0 bridgehead atoms. The third-order valence-electron chi connectivity index (χ3n) is 4.17. The molecule has 0 aliphatic carbocycles. The number of carboxylic acid groups (broad SMARTS) is 1. The van der Waals surface area contributed by atoms with Gasteiger partial charge in [0, 0.05) is 18.5 Å². The van der Waals surface area contributed by atoms with E-state index < -0.39 is 5.97 Å². The number of hydrogen-bond donors (Lipinski definition) is 2. The molecule has 0 spiro atoms. The molecule has 0 heterocycles. The molecule has 2 N–H and O–H groups in total. The molecular weight excluding hydrogens is 358 g/mol. The normalized spacial score (nSPS) is 10.5. The van der Waals surface area contributed by atoms with Gasteiger partial charge < -0.3 is 19.9 Å². The average molecular weight is 385 g/mol. The third kappa shape index (κ3) is 7.31. The van der Waals surface area contributed by atoms with Crippen LogP contribution in [0.2, 0.25) is 0 Å². The quantitative estimate of drug-likeness (QED) is 0.576. The van der Waals surface area contributed by atoms with Crippen LogP contribution in [0.5, 0.6) is 11.5 Å². The summed E-state index contributed by atoms with van der Waals surface area (Å²) in [5.41, 5.74) is 2.09. The van der Waals surface area contributed by atoms with Crippen LogP contribution in [0, 0.1) is 0 Å². The zero-order valence-corrected chi connectivity index (χ0v) is 16.3. The molecule has 0 saturated carbocycles. The second kappa shape index (κ2) is 11.0. The molecule has 6 heteroatoms. The number of carbonyl (C=O) groups excluding carboxylic acids is 1. The molecule has 2 aromatic carbocycles. The summed E-state index contributed by atoms with van der Waals surface area (Å²) < 4.78 is 11.5. The van der Waals surface area contributed by atoms with Crippen molar-refractivity contribution in [3.63, 3.8) is 0 Å². The van der Waals surface area contributed by atoms with Crippen LogP contribution in [-0.4, -0.2) is 30.2 Å². The van der Waals surface area contributed by atoms with Crippen molar-refractivity contribution in [1.29, 1.82) is 0 Å². The minimum Gasteiger partial charge on any atom is -0.490 e. The number of nitrogens with one attached hydrogen (secondary N) is 1. The summed E-state index contributed by atoms with van der Waals surface area (Å²) in [6.07, 6.45) is -0.221. The van der Waals surface area contributed by atoms with Crippen LogP contribution < -0.4 is 14.8 Å². The Morgan fingerprint density at radius 3 is 2.32 bits per heavy atom. The van der Waals surface area contributed by atoms with Crippen LogP contribution in [0.25, 0.3) is 0 Å². The van der Waals surface area contributed by atoms with Gasteiger partial charge in [0.25, 0.3) is 0 Å². The van der Waals surface area contributed by atoms with E-state index in [2.05, 4.69) is 31.3 Å². The van der Waals surface area contributed by atoms with Crippen molar-refractivity contribution in [3.05, 3.63) is 59.7 Å². The molecular formula is C22H27NO5. The van der Waals surface area contributed by atoms with E-state index in [4.69, 9.17) is 14.6 Å². The predicted octanol–water partition coefficient (Wildman–Crippen LogP) is 3.75. The molecule has 0 unspecified atom stereocenters. The lowest BCUT2D eigenvalue weighted by Gasteiger charge is -2.13. The second-order valence-corrected chi connectivity index (χ2v) is 6.70. The lowest BCUT2D eigenvalue weighted by Crippen LogP contribution is -2.23. The van der Waals surface area contributed by atoms with Gasteiger partial charge in [-0.05, 0) is 29.7 Å². The summed E-state index contributed by atoms with van der Waals surface area (Å²) in [4.78, 5) is 22.2. The minimum absolute atomic E-state index is 0.0399. The maximum absolute atomic E-state index is 11.7. The van der Waals surface area contributed by atoms with Crippen LogP contribution in [0.15, 0.2) is 48.5 Å². The van der Waals surface area contributed by atoms with Crippen molar-refractivity contribution < 1.29 is 24.2 Å². The molecule has 28 heavy (non-hydrogen) atoms. The summed E-state index contributed by atoms with van der Waals surface area (Å²) in [5, 5.41) is 11.3. The Bertz CT molecular complexity index is 771. The first-order valence-electron chi connectivity index (χ1n) is 9.37. The molecule has 0 aliphatic rings. The highest BCUT2D eigenvalue weighted by Crippen LogP contribution is 2.20. The van der Waals surface area contributed by atoms with E-state index in [0.717, 1.165) is 11.3 Å². The number of benzene rings is 2. The number of amides is 1. The largest absolute Gasteiger partial charge is 0.490 e. The van der Waals surface area contributed by atoms with Crippen LogP contribution in [0.1, 0.15) is 43.7 Å². The van der Waals surface area contributed by atoms with E-state index in [0.29, 0.717) is 24.9 Å². The van der Waals surface area contributed by atoms with Crippen LogP contribution in [0.3, 0.4) is 0 Å². The molecule has 0 atom stereocenters. The Balaban J connectivity index is 1.78. The van der Waals surface area contributed by atoms with Crippen LogP contribution in [0.4, 0.5) is 0 Å². The van der Waals surface area contributed by atoms with Gasteiger partial charge in [0.2, 0.25) is 5.91 Å². The monoisotopic (exact) mass is 385 g/mol. The molecule has 0 fully saturated rings. The summed E-state index contributed by atoms with van der Waals surface area (Å²) in [6.45, 7) is 5.36. The fraction of sp³-hybridized carbons (Fsp3) is 0.364. The average Bonchev–Trinajstić information content (AvgIpc) is 2.69. The molecule has 2 aromatic rings. The third-order valence-corrected chi connectivity index (χ3v) is 4.17. The number of hydrogen-bond acceptors (Lipinski definition) is 4. The van der Waals surface area contributed by atoms with Crippen molar-refractivity contribution in [3.8, 4) is 11.5 Å². The number of carbonyl (C=O) groups is 2. The zero-order valence-electron chi connectivity index (χ0n) is 16.3. The van der Waals surface area contributed by atoms with Gasteiger partial charge in [0.1, 0.15) is 24.7 Å². The minimum atomic E-state index is -0.988. The highest BCUT2D eigenvalue weighted by Gasteiger charge is 2.08. The molecule has 0 saturated heterocycles. The SMILES string of the molecule is CC(C)c1ccc(OCCOc2ccccc2CNC(=O)CCC(=O)O)cc1. The molecule has 1 amide bonds. The number of ether oxygens (including phenoxy) is 2. The Kier molecular flexibility index (Phi) is 8.34. The van der Waals surface area contributed by atoms with Gasteiger partial charge in [-0.1, -0.05) is 44.2 Å². The first-order valence-corrected chi connectivity index (χ1v) is 9.37. The Hall–Kier alpha value is -3.02. The van der Waals surface area contributed by atoms with Gasteiger partial charge >= 0.3 is 5.97 Å². The van der Waals surface area contributed by atoms with Crippen LogP contribution in [-0.2, 0) is 16.1 Å². The first-order chi connectivity index (χ1) is 13.5. The van der Waals surface area contributed by atoms with Gasteiger partial charge in [-0.3, -0.25) is 9.59 Å². The van der Waals surface area contributed by atoms with Gasteiger partial charge in [0.15, 0.2) is 0 Å². The highest BCUT2D eigenvalue weighted by molar-refractivity contribution is 5.80. The zero-order chi connectivity index (χ0) is 20.4. The highest BCUT2D eigenvalue weighted by atomic mass is 16.5. The maximum Gasteiger partial charge on any atom is 0.303 e. The van der Waals surface area contributed by atoms with Crippen molar-refractivity contribution in [2.75, 3.05) is 13.2 Å². The van der Waals surface area contributed by atoms with E-state index in [9.17, 15) is 9.59 Å². The predicted molar refractivity (Wildman–Crippen MR) is 107 cm³/mol. The van der Waals surface area contributed by atoms with Gasteiger partial charge in [-0.25, -0.2) is 0 Å².